The minimum atomic E-state index is -1.29. The summed E-state index contributed by atoms with van der Waals surface area (Å²) < 4.78 is 0. The van der Waals surface area contributed by atoms with Crippen molar-refractivity contribution in [2.45, 2.75) is 64.6 Å². The fraction of sp³-hybridized carbons (Fsp3) is 0.333. The van der Waals surface area contributed by atoms with Gasteiger partial charge in [0.15, 0.2) is 0 Å². The highest BCUT2D eigenvalue weighted by atomic mass is 16.4. The molecule has 2 aromatic carbocycles. The molecule has 1 saturated carbocycles. The lowest BCUT2D eigenvalue weighted by atomic mass is 9.81. The van der Waals surface area contributed by atoms with E-state index < -0.39 is 23.6 Å². The van der Waals surface area contributed by atoms with Gasteiger partial charge in [-0.3, -0.25) is 29.1 Å². The van der Waals surface area contributed by atoms with E-state index in [1.807, 2.05) is 36.4 Å². The standard InChI is InChI=1S/C36H39N5O6/c1-24(42)38-20-18-36(16-6-7-17-36)35(47)39-30(34(45)46)21-26-12-14-29(15-13-26)41-32(28-10-4-3-5-11-28)40(25(2)43)31(33(41)44)22-27-9-8-19-37-23-27/h3-5,8-15,19,21,23,31-32H,6-7,16-18,20,22H2,1-2H3,(H,38,42)(H,39,47)(H,45,46). The maximum absolute atomic E-state index is 14.1. The molecule has 1 aromatic heterocycles. The first-order chi connectivity index (χ1) is 22.6. The van der Waals surface area contributed by atoms with E-state index in [1.165, 1.54) is 19.9 Å². The summed E-state index contributed by atoms with van der Waals surface area (Å²) in [7, 11) is 0. The number of nitrogens with zero attached hydrogens (tertiary/aromatic N) is 3. The Bertz CT molecular complexity index is 1650. The number of hydrogen-bond acceptors (Lipinski definition) is 6. The molecule has 4 amide bonds. The monoisotopic (exact) mass is 637 g/mol. The van der Waals surface area contributed by atoms with Crippen molar-refractivity contribution in [3.05, 3.63) is 102 Å². The third-order valence-corrected chi connectivity index (χ3v) is 8.96. The van der Waals surface area contributed by atoms with Crippen molar-refractivity contribution >= 4 is 41.4 Å². The number of anilines is 1. The molecule has 3 N–H and O–H groups in total. The van der Waals surface area contributed by atoms with Crippen molar-refractivity contribution in [1.82, 2.24) is 20.5 Å². The van der Waals surface area contributed by atoms with E-state index >= 15 is 0 Å². The van der Waals surface area contributed by atoms with Crippen LogP contribution in [0.2, 0.25) is 0 Å². The van der Waals surface area contributed by atoms with Crippen LogP contribution in [0.5, 0.6) is 0 Å². The van der Waals surface area contributed by atoms with Crippen molar-refractivity contribution < 1.29 is 29.1 Å². The smallest absolute Gasteiger partial charge is 0.352 e. The molecule has 5 rings (SSSR count). The first-order valence-electron chi connectivity index (χ1n) is 15.8. The number of nitrogens with one attached hydrogen (secondary N) is 2. The van der Waals surface area contributed by atoms with Gasteiger partial charge < -0.3 is 20.6 Å². The Balaban J connectivity index is 1.42. The molecule has 2 unspecified atom stereocenters. The fourth-order valence-electron chi connectivity index (χ4n) is 6.64. The first-order valence-corrected chi connectivity index (χ1v) is 15.8. The van der Waals surface area contributed by atoms with Crippen LogP contribution >= 0.6 is 0 Å². The van der Waals surface area contributed by atoms with Gasteiger partial charge in [-0.2, -0.15) is 0 Å². The lowest BCUT2D eigenvalue weighted by Gasteiger charge is -2.31. The van der Waals surface area contributed by atoms with E-state index in [0.29, 0.717) is 43.5 Å². The molecule has 0 radical (unpaired) electrons. The highest BCUT2D eigenvalue weighted by Gasteiger charge is 2.48. The van der Waals surface area contributed by atoms with Gasteiger partial charge in [-0.1, -0.05) is 61.4 Å². The molecule has 244 valence electrons. The number of aliphatic carboxylic acids is 1. The number of pyridine rings is 1. The first kappa shape index (κ1) is 33.1. The van der Waals surface area contributed by atoms with Crippen LogP contribution in [0.15, 0.2) is 84.8 Å². The van der Waals surface area contributed by atoms with Crippen molar-refractivity contribution in [3.8, 4) is 0 Å². The van der Waals surface area contributed by atoms with E-state index in [4.69, 9.17) is 0 Å². The molecule has 11 heteroatoms. The van der Waals surface area contributed by atoms with Crippen molar-refractivity contribution in [3.63, 3.8) is 0 Å². The number of rotatable bonds is 11. The van der Waals surface area contributed by atoms with E-state index in [0.717, 1.165) is 24.0 Å². The summed E-state index contributed by atoms with van der Waals surface area (Å²) in [6.45, 7) is 3.20. The van der Waals surface area contributed by atoms with Gasteiger partial charge in [0.2, 0.25) is 17.7 Å². The molecule has 47 heavy (non-hydrogen) atoms. The SMILES string of the molecule is CC(=O)NCCC1(C(=O)NC(=Cc2ccc(N3C(=O)C(Cc4cccnc4)N(C(C)=O)C3c3ccccc3)cc2)C(=O)O)CCCC1. The molecular formula is C36H39N5O6. The molecule has 2 aliphatic rings. The van der Waals surface area contributed by atoms with Crippen LogP contribution in [-0.2, 0) is 30.4 Å². The zero-order valence-corrected chi connectivity index (χ0v) is 26.5. The second-order valence-corrected chi connectivity index (χ2v) is 12.1. The number of carbonyl (C=O) groups is 5. The largest absolute Gasteiger partial charge is 0.477 e. The van der Waals surface area contributed by atoms with Crippen molar-refractivity contribution in [1.29, 1.82) is 0 Å². The normalized spacial score (nSPS) is 19.0. The van der Waals surface area contributed by atoms with Crippen LogP contribution in [0.25, 0.3) is 6.08 Å². The Kier molecular flexibility index (Phi) is 10.1. The molecule has 11 nitrogen and oxygen atoms in total. The summed E-state index contributed by atoms with van der Waals surface area (Å²) in [5.74, 6) is -2.34. The Hall–Kier alpha value is -5.32. The topological polar surface area (TPSA) is 149 Å². The number of carbonyl (C=O) groups excluding carboxylic acids is 4. The highest BCUT2D eigenvalue weighted by molar-refractivity contribution is 6.04. The summed E-state index contributed by atoms with van der Waals surface area (Å²) in [5, 5.41) is 15.3. The molecule has 2 atom stereocenters. The summed E-state index contributed by atoms with van der Waals surface area (Å²) in [6, 6.07) is 19.0. The van der Waals surface area contributed by atoms with Gasteiger partial charge in [-0.15, -0.1) is 0 Å². The van der Waals surface area contributed by atoms with Crippen LogP contribution in [-0.4, -0.2) is 57.2 Å². The second-order valence-electron chi connectivity index (χ2n) is 12.1. The average molecular weight is 638 g/mol. The summed E-state index contributed by atoms with van der Waals surface area (Å²) in [5.41, 5.74) is 1.60. The van der Waals surface area contributed by atoms with Gasteiger partial charge >= 0.3 is 5.97 Å². The van der Waals surface area contributed by atoms with Gasteiger partial charge in [-0.05, 0) is 60.2 Å². The number of carboxylic acids is 1. The van der Waals surface area contributed by atoms with Crippen LogP contribution in [0, 0.1) is 5.41 Å². The molecule has 1 saturated heterocycles. The van der Waals surface area contributed by atoms with E-state index in [1.54, 1.807) is 52.5 Å². The van der Waals surface area contributed by atoms with E-state index in [-0.39, 0.29) is 29.3 Å². The van der Waals surface area contributed by atoms with Crippen LogP contribution < -0.4 is 15.5 Å². The van der Waals surface area contributed by atoms with Gasteiger partial charge in [0.05, 0.1) is 5.41 Å². The quantitative estimate of drug-likeness (QED) is 0.267. The number of aromatic nitrogens is 1. The van der Waals surface area contributed by atoms with Gasteiger partial charge in [0.1, 0.15) is 17.9 Å². The van der Waals surface area contributed by atoms with Crippen LogP contribution in [0.1, 0.15) is 68.8 Å². The third kappa shape index (κ3) is 7.40. The van der Waals surface area contributed by atoms with Gasteiger partial charge in [-0.25, -0.2) is 4.79 Å². The van der Waals surface area contributed by atoms with Crippen LogP contribution in [0.3, 0.4) is 0 Å². The molecule has 1 aliphatic heterocycles. The lowest BCUT2D eigenvalue weighted by Crippen LogP contribution is -2.42. The average Bonchev–Trinajstić information content (AvgIpc) is 3.65. The lowest BCUT2D eigenvalue weighted by molar-refractivity contribution is -0.137. The third-order valence-electron chi connectivity index (χ3n) is 8.96. The van der Waals surface area contributed by atoms with Crippen LogP contribution in [0.4, 0.5) is 5.69 Å². The maximum Gasteiger partial charge on any atom is 0.352 e. The minimum Gasteiger partial charge on any atom is -0.477 e. The zero-order valence-electron chi connectivity index (χ0n) is 26.5. The van der Waals surface area contributed by atoms with Crippen molar-refractivity contribution in [2.24, 2.45) is 5.41 Å². The van der Waals surface area contributed by atoms with Crippen molar-refractivity contribution in [2.75, 3.05) is 11.4 Å². The molecule has 0 spiro atoms. The van der Waals surface area contributed by atoms with E-state index in [9.17, 15) is 29.1 Å². The number of hydrogen-bond donors (Lipinski definition) is 3. The molecule has 1 aliphatic carbocycles. The highest BCUT2D eigenvalue weighted by Crippen LogP contribution is 2.42. The summed E-state index contributed by atoms with van der Waals surface area (Å²) in [6.07, 6.45) is 7.67. The molecule has 2 fully saturated rings. The fourth-order valence-corrected chi connectivity index (χ4v) is 6.64. The molecular weight excluding hydrogens is 598 g/mol. The Morgan fingerprint density at radius 3 is 2.28 bits per heavy atom. The summed E-state index contributed by atoms with van der Waals surface area (Å²) in [4.78, 5) is 71.6. The number of amides is 4. The summed E-state index contributed by atoms with van der Waals surface area (Å²) >= 11 is 0. The zero-order chi connectivity index (χ0) is 33.6. The molecule has 3 aromatic rings. The second kappa shape index (κ2) is 14.4. The van der Waals surface area contributed by atoms with Gasteiger partial charge in [0, 0.05) is 44.9 Å². The molecule has 0 bridgehead atoms. The van der Waals surface area contributed by atoms with E-state index in [2.05, 4.69) is 15.6 Å². The Morgan fingerprint density at radius 1 is 0.979 bits per heavy atom. The minimum absolute atomic E-state index is 0.183. The predicted molar refractivity (Wildman–Crippen MR) is 175 cm³/mol. The van der Waals surface area contributed by atoms with Gasteiger partial charge in [0.25, 0.3) is 5.91 Å². The molecule has 2 heterocycles. The maximum atomic E-state index is 14.1. The Labute approximate surface area is 273 Å². The number of carboxylic acid groups (broad SMARTS) is 1. The number of benzene rings is 2. The predicted octanol–water partition coefficient (Wildman–Crippen LogP) is 4.22. The Morgan fingerprint density at radius 2 is 1.68 bits per heavy atom.